The minimum atomic E-state index is -0.168. The molecule has 1 aliphatic heterocycles. The third-order valence-corrected chi connectivity index (χ3v) is 4.19. The molecule has 1 atom stereocenters. The van der Waals surface area contributed by atoms with Crippen LogP contribution < -0.4 is 5.32 Å². The van der Waals surface area contributed by atoms with Crippen LogP contribution in [-0.4, -0.2) is 42.8 Å². The van der Waals surface area contributed by atoms with Crippen LogP contribution in [0.1, 0.15) is 40.7 Å². The Morgan fingerprint density at radius 1 is 1.29 bits per heavy atom. The average molecular weight is 288 g/mol. The van der Waals surface area contributed by atoms with Gasteiger partial charge in [-0.15, -0.1) is 0 Å². The summed E-state index contributed by atoms with van der Waals surface area (Å²) in [6.45, 7) is 5.12. The molecule has 21 heavy (non-hydrogen) atoms. The Kier molecular flexibility index (Phi) is 5.12. The standard InChI is InChI=1S/C17H24N2O2/c1-12-7-8-14(13(2)10-12)16(20)11-19-9-5-4-6-15(19)17(21)18-3/h7-8,10,15H,4-6,9,11H2,1-3H3,(H,18,21). The van der Waals surface area contributed by atoms with Gasteiger partial charge in [-0.2, -0.15) is 0 Å². The van der Waals surface area contributed by atoms with Gasteiger partial charge in [0.2, 0.25) is 5.91 Å². The number of nitrogens with zero attached hydrogens (tertiary/aromatic N) is 1. The Morgan fingerprint density at radius 3 is 2.71 bits per heavy atom. The van der Waals surface area contributed by atoms with Crippen LogP contribution in [0, 0.1) is 13.8 Å². The van der Waals surface area contributed by atoms with Crippen LogP contribution in [0.2, 0.25) is 0 Å². The number of hydrogen-bond acceptors (Lipinski definition) is 3. The van der Waals surface area contributed by atoms with Crippen molar-refractivity contribution in [2.24, 2.45) is 0 Å². The third kappa shape index (κ3) is 3.70. The fourth-order valence-corrected chi connectivity index (χ4v) is 3.04. The number of carbonyl (C=O) groups excluding carboxylic acids is 2. The van der Waals surface area contributed by atoms with Gasteiger partial charge < -0.3 is 5.32 Å². The van der Waals surface area contributed by atoms with E-state index in [2.05, 4.69) is 5.32 Å². The molecule has 1 fully saturated rings. The van der Waals surface area contributed by atoms with E-state index >= 15 is 0 Å². The topological polar surface area (TPSA) is 49.4 Å². The summed E-state index contributed by atoms with van der Waals surface area (Å²) < 4.78 is 0. The molecule has 1 amide bonds. The van der Waals surface area contributed by atoms with Gasteiger partial charge in [-0.3, -0.25) is 14.5 Å². The van der Waals surface area contributed by atoms with Crippen molar-refractivity contribution in [1.82, 2.24) is 10.2 Å². The highest BCUT2D eigenvalue weighted by Gasteiger charge is 2.29. The smallest absolute Gasteiger partial charge is 0.237 e. The quantitative estimate of drug-likeness (QED) is 0.863. The zero-order valence-corrected chi connectivity index (χ0v) is 13.1. The van der Waals surface area contributed by atoms with Gasteiger partial charge in [0.15, 0.2) is 5.78 Å². The molecule has 0 saturated carbocycles. The van der Waals surface area contributed by atoms with Crippen LogP contribution >= 0.6 is 0 Å². The lowest BCUT2D eigenvalue weighted by molar-refractivity contribution is -0.126. The largest absolute Gasteiger partial charge is 0.358 e. The van der Waals surface area contributed by atoms with E-state index in [1.165, 1.54) is 0 Å². The highest BCUT2D eigenvalue weighted by atomic mass is 16.2. The molecule has 1 aromatic rings. The number of likely N-dealkylation sites (tertiary alicyclic amines) is 1. The first-order valence-electron chi connectivity index (χ1n) is 7.59. The summed E-state index contributed by atoms with van der Waals surface area (Å²) in [6.07, 6.45) is 2.93. The van der Waals surface area contributed by atoms with E-state index in [9.17, 15) is 9.59 Å². The van der Waals surface area contributed by atoms with E-state index in [1.807, 2.05) is 36.9 Å². The van der Waals surface area contributed by atoms with Gasteiger partial charge in [-0.1, -0.05) is 30.2 Å². The second-order valence-corrected chi connectivity index (χ2v) is 5.84. The number of Topliss-reactive ketones (excluding diaryl/α,β-unsaturated/α-hetero) is 1. The summed E-state index contributed by atoms with van der Waals surface area (Å²) >= 11 is 0. The first-order chi connectivity index (χ1) is 10.0. The van der Waals surface area contributed by atoms with Gasteiger partial charge >= 0.3 is 0 Å². The second-order valence-electron chi connectivity index (χ2n) is 5.84. The maximum absolute atomic E-state index is 12.5. The molecule has 4 nitrogen and oxygen atoms in total. The summed E-state index contributed by atoms with van der Waals surface area (Å²) in [5.41, 5.74) is 2.93. The molecule has 1 aromatic carbocycles. The van der Waals surface area contributed by atoms with E-state index < -0.39 is 0 Å². The van der Waals surface area contributed by atoms with Crippen molar-refractivity contribution in [3.63, 3.8) is 0 Å². The maximum Gasteiger partial charge on any atom is 0.237 e. The molecule has 2 rings (SSSR count). The number of amides is 1. The van der Waals surface area contributed by atoms with Gasteiger partial charge in [0.05, 0.1) is 12.6 Å². The molecule has 4 heteroatoms. The fourth-order valence-electron chi connectivity index (χ4n) is 3.04. The number of hydrogen-bond donors (Lipinski definition) is 1. The van der Waals surface area contributed by atoms with Crippen LogP contribution in [0.3, 0.4) is 0 Å². The van der Waals surface area contributed by atoms with Gasteiger partial charge in [-0.25, -0.2) is 0 Å². The van der Waals surface area contributed by atoms with E-state index in [1.54, 1.807) is 7.05 Å². The number of benzene rings is 1. The summed E-state index contributed by atoms with van der Waals surface area (Å²) in [5, 5.41) is 2.70. The van der Waals surface area contributed by atoms with Crippen LogP contribution in [0.15, 0.2) is 18.2 Å². The predicted octanol–water partition coefficient (Wildman–Crippen LogP) is 2.09. The second kappa shape index (κ2) is 6.85. The number of piperidine rings is 1. The summed E-state index contributed by atoms with van der Waals surface area (Å²) in [7, 11) is 1.65. The van der Waals surface area contributed by atoms with Crippen LogP contribution in [0.4, 0.5) is 0 Å². The van der Waals surface area contributed by atoms with Crippen LogP contribution in [0.25, 0.3) is 0 Å². The van der Waals surface area contributed by atoms with Gasteiger partial charge in [0.1, 0.15) is 0 Å². The molecule has 1 saturated heterocycles. The number of carbonyl (C=O) groups is 2. The molecule has 114 valence electrons. The van der Waals surface area contributed by atoms with E-state index in [0.717, 1.165) is 42.5 Å². The van der Waals surface area contributed by atoms with Crippen molar-refractivity contribution in [2.75, 3.05) is 20.1 Å². The number of ketones is 1. The number of nitrogens with one attached hydrogen (secondary N) is 1. The number of rotatable bonds is 4. The molecule has 0 aliphatic carbocycles. The predicted molar refractivity (Wildman–Crippen MR) is 83.5 cm³/mol. The molecular weight excluding hydrogens is 264 g/mol. The average Bonchev–Trinajstić information content (AvgIpc) is 2.46. The van der Waals surface area contributed by atoms with E-state index in [4.69, 9.17) is 0 Å². The molecule has 0 radical (unpaired) electrons. The minimum absolute atomic E-state index is 0.0168. The van der Waals surface area contributed by atoms with Crippen molar-refractivity contribution < 1.29 is 9.59 Å². The summed E-state index contributed by atoms with van der Waals surface area (Å²) in [6, 6.07) is 5.72. The Morgan fingerprint density at radius 2 is 2.05 bits per heavy atom. The van der Waals surface area contributed by atoms with Crippen molar-refractivity contribution in [1.29, 1.82) is 0 Å². The fraction of sp³-hybridized carbons (Fsp3) is 0.529. The lowest BCUT2D eigenvalue weighted by atomic mass is 9.98. The maximum atomic E-state index is 12.5. The zero-order chi connectivity index (χ0) is 15.4. The van der Waals surface area contributed by atoms with Crippen molar-refractivity contribution in [3.05, 3.63) is 34.9 Å². The Bertz CT molecular complexity index is 540. The molecule has 1 heterocycles. The highest BCUT2D eigenvalue weighted by Crippen LogP contribution is 2.19. The number of aryl methyl sites for hydroxylation is 2. The monoisotopic (exact) mass is 288 g/mol. The first kappa shape index (κ1) is 15.7. The third-order valence-electron chi connectivity index (χ3n) is 4.19. The van der Waals surface area contributed by atoms with Crippen LogP contribution in [-0.2, 0) is 4.79 Å². The van der Waals surface area contributed by atoms with Crippen molar-refractivity contribution in [3.8, 4) is 0 Å². The summed E-state index contributed by atoms with van der Waals surface area (Å²) in [5.74, 6) is 0.117. The van der Waals surface area contributed by atoms with Gasteiger partial charge in [0.25, 0.3) is 0 Å². The van der Waals surface area contributed by atoms with E-state index in [-0.39, 0.29) is 17.7 Å². The Balaban J connectivity index is 2.11. The normalized spacial score (nSPS) is 19.3. The minimum Gasteiger partial charge on any atom is -0.358 e. The molecular formula is C17H24N2O2. The SMILES string of the molecule is CNC(=O)C1CCCCN1CC(=O)c1ccc(C)cc1C. The molecule has 1 unspecified atom stereocenters. The van der Waals surface area contributed by atoms with Gasteiger partial charge in [-0.05, 0) is 38.8 Å². The van der Waals surface area contributed by atoms with Crippen molar-refractivity contribution >= 4 is 11.7 Å². The molecule has 1 aliphatic rings. The lowest BCUT2D eigenvalue weighted by Crippen LogP contribution is -2.50. The molecule has 0 aromatic heterocycles. The number of likely N-dealkylation sites (N-methyl/N-ethyl adjacent to an activating group) is 1. The molecule has 0 spiro atoms. The summed E-state index contributed by atoms with van der Waals surface area (Å²) in [4.78, 5) is 26.5. The zero-order valence-electron chi connectivity index (χ0n) is 13.1. The Hall–Kier alpha value is -1.68. The van der Waals surface area contributed by atoms with Crippen LogP contribution in [0.5, 0.6) is 0 Å². The Labute approximate surface area is 126 Å². The van der Waals surface area contributed by atoms with Gasteiger partial charge in [0, 0.05) is 12.6 Å². The lowest BCUT2D eigenvalue weighted by Gasteiger charge is -2.33. The molecule has 0 bridgehead atoms. The highest BCUT2D eigenvalue weighted by molar-refractivity contribution is 5.99. The molecule has 1 N–H and O–H groups in total. The van der Waals surface area contributed by atoms with Crippen molar-refractivity contribution in [2.45, 2.75) is 39.2 Å². The first-order valence-corrected chi connectivity index (χ1v) is 7.59. The van der Waals surface area contributed by atoms with E-state index in [0.29, 0.717) is 6.54 Å².